The number of amides is 1. The van der Waals surface area contributed by atoms with Crippen LogP contribution in [0.15, 0.2) is 57.7 Å². The summed E-state index contributed by atoms with van der Waals surface area (Å²) in [6.07, 6.45) is 5.20. The smallest absolute Gasteiger partial charge is 0.233 e. The molecule has 2 aromatic heterocycles. The van der Waals surface area contributed by atoms with Crippen LogP contribution in [0.5, 0.6) is 0 Å². The summed E-state index contributed by atoms with van der Waals surface area (Å²) < 4.78 is 19.6. The second-order valence-electron chi connectivity index (χ2n) is 9.96. The van der Waals surface area contributed by atoms with Crippen LogP contribution in [-0.2, 0) is 23.3 Å². The highest BCUT2D eigenvalue weighted by Gasteiger charge is 2.53. The van der Waals surface area contributed by atoms with E-state index in [0.29, 0.717) is 24.1 Å². The molecule has 1 fully saturated rings. The molecule has 2 aromatic carbocycles. The van der Waals surface area contributed by atoms with E-state index in [1.54, 1.807) is 0 Å². The molecule has 0 N–H and O–H groups in total. The summed E-state index contributed by atoms with van der Waals surface area (Å²) in [4.78, 5) is 15.6. The largest absolute Gasteiger partial charge is 0.334 e. The number of hydrogen-bond donors (Lipinski definition) is 0. The van der Waals surface area contributed by atoms with Gasteiger partial charge in [0.15, 0.2) is 0 Å². The van der Waals surface area contributed by atoms with Crippen molar-refractivity contribution in [2.45, 2.75) is 51.2 Å². The zero-order chi connectivity index (χ0) is 25.9. The fourth-order valence-electron chi connectivity index (χ4n) is 5.19. The molecule has 3 heterocycles. The maximum absolute atomic E-state index is 14.1. The van der Waals surface area contributed by atoms with Gasteiger partial charge in [-0.2, -0.15) is 5.10 Å². The third kappa shape index (κ3) is 4.33. The van der Waals surface area contributed by atoms with Gasteiger partial charge in [0.2, 0.25) is 5.91 Å². The van der Waals surface area contributed by atoms with E-state index in [1.807, 2.05) is 38.8 Å². The van der Waals surface area contributed by atoms with E-state index >= 15 is 0 Å². The van der Waals surface area contributed by atoms with Gasteiger partial charge in [-0.25, -0.2) is 9.07 Å². The lowest BCUT2D eigenvalue weighted by molar-refractivity contribution is -0.135. The standard InChI is InChI=1S/C27H25Br2FN6O/c1-16-9-18(3-4-23(16)29)17(2)36-14-24(32-33-36)22-13-31-35-8-7-34(15-25(22)35)26(37)27(5-6-27)19-10-20(28)12-21(30)11-19/h3-4,9-14,17H,5-8,15H2,1-2H3/t17-/m0/s1. The molecule has 0 saturated heterocycles. The second-order valence-corrected chi connectivity index (χ2v) is 11.7. The Morgan fingerprint density at radius 2 is 1.95 bits per heavy atom. The molecule has 10 heteroatoms. The molecule has 0 unspecified atom stereocenters. The maximum atomic E-state index is 14.1. The Kier molecular flexibility index (Phi) is 6.06. The number of aromatic nitrogens is 5. The number of aryl methyl sites for hydroxylation is 1. The van der Waals surface area contributed by atoms with Gasteiger partial charge in [-0.1, -0.05) is 49.2 Å². The lowest BCUT2D eigenvalue weighted by atomic mass is 9.93. The van der Waals surface area contributed by atoms with E-state index < -0.39 is 5.41 Å². The molecule has 2 aliphatic rings. The molecule has 0 radical (unpaired) electrons. The number of fused-ring (bicyclic) bond motifs is 1. The average Bonchev–Trinajstić information content (AvgIpc) is 3.35. The maximum Gasteiger partial charge on any atom is 0.233 e. The van der Waals surface area contributed by atoms with Gasteiger partial charge < -0.3 is 4.90 Å². The van der Waals surface area contributed by atoms with Crippen LogP contribution in [0.3, 0.4) is 0 Å². The topological polar surface area (TPSA) is 68.8 Å². The SMILES string of the molecule is Cc1cc([C@H](C)n2cc(-c3cnn4c3CN(C(=O)C3(c5cc(F)cc(Br)c5)CC3)CC4)nn2)ccc1Br. The number of hydrogen-bond acceptors (Lipinski definition) is 4. The van der Waals surface area contributed by atoms with Crippen LogP contribution in [0.25, 0.3) is 11.3 Å². The molecular weight excluding hydrogens is 603 g/mol. The van der Waals surface area contributed by atoms with Gasteiger partial charge in [-0.05, 0) is 67.6 Å². The lowest BCUT2D eigenvalue weighted by Crippen LogP contribution is -2.44. The van der Waals surface area contributed by atoms with Crippen molar-refractivity contribution in [2.24, 2.45) is 0 Å². The highest BCUT2D eigenvalue weighted by molar-refractivity contribution is 9.10. The number of rotatable bonds is 5. The Hall–Kier alpha value is -2.85. The first-order valence-corrected chi connectivity index (χ1v) is 13.8. The van der Waals surface area contributed by atoms with Gasteiger partial charge in [0.25, 0.3) is 0 Å². The predicted molar refractivity (Wildman–Crippen MR) is 144 cm³/mol. The van der Waals surface area contributed by atoms with Gasteiger partial charge in [0.1, 0.15) is 11.5 Å². The van der Waals surface area contributed by atoms with Crippen molar-refractivity contribution in [1.29, 1.82) is 0 Å². The molecule has 190 valence electrons. The van der Waals surface area contributed by atoms with E-state index in [2.05, 4.69) is 73.3 Å². The van der Waals surface area contributed by atoms with E-state index in [9.17, 15) is 9.18 Å². The van der Waals surface area contributed by atoms with Crippen LogP contribution in [-0.4, -0.2) is 42.1 Å². The predicted octanol–water partition coefficient (Wildman–Crippen LogP) is 5.80. The summed E-state index contributed by atoms with van der Waals surface area (Å²) in [6.45, 7) is 5.76. The van der Waals surface area contributed by atoms with E-state index in [-0.39, 0.29) is 17.8 Å². The second kappa shape index (κ2) is 9.16. The van der Waals surface area contributed by atoms with Crippen molar-refractivity contribution in [3.05, 3.63) is 85.9 Å². The minimum absolute atomic E-state index is 0.0119. The normalized spacial score (nSPS) is 16.9. The number of carbonyl (C=O) groups is 1. The van der Waals surface area contributed by atoms with Gasteiger partial charge in [0.05, 0.1) is 42.6 Å². The Labute approximate surface area is 230 Å². The average molecular weight is 628 g/mol. The van der Waals surface area contributed by atoms with E-state index in [1.165, 1.54) is 17.7 Å². The fourth-order valence-corrected chi connectivity index (χ4v) is 5.90. The summed E-state index contributed by atoms with van der Waals surface area (Å²) in [7, 11) is 0. The molecular formula is C27H25Br2FN6O. The number of benzene rings is 2. The Bertz CT molecular complexity index is 1500. The first-order chi connectivity index (χ1) is 17.7. The van der Waals surface area contributed by atoms with Crippen LogP contribution >= 0.6 is 31.9 Å². The monoisotopic (exact) mass is 626 g/mol. The van der Waals surface area contributed by atoms with Crippen molar-refractivity contribution in [3.63, 3.8) is 0 Å². The molecule has 0 spiro atoms. The van der Waals surface area contributed by atoms with E-state index in [0.717, 1.165) is 45.4 Å². The van der Waals surface area contributed by atoms with Crippen LogP contribution in [0, 0.1) is 12.7 Å². The fraction of sp³-hybridized carbons (Fsp3) is 0.333. The summed E-state index contributed by atoms with van der Waals surface area (Å²) in [6, 6.07) is 11.1. The summed E-state index contributed by atoms with van der Waals surface area (Å²) in [5.41, 5.74) is 4.95. The minimum atomic E-state index is -0.644. The molecule has 6 rings (SSSR count). The minimum Gasteiger partial charge on any atom is -0.334 e. The molecule has 7 nitrogen and oxygen atoms in total. The van der Waals surface area contributed by atoms with Crippen molar-refractivity contribution in [2.75, 3.05) is 6.54 Å². The number of carbonyl (C=O) groups excluding carboxylic acids is 1. The number of nitrogens with zero attached hydrogens (tertiary/aromatic N) is 6. The molecule has 37 heavy (non-hydrogen) atoms. The lowest BCUT2D eigenvalue weighted by Gasteiger charge is -2.32. The first-order valence-electron chi connectivity index (χ1n) is 12.2. The Morgan fingerprint density at radius 1 is 1.14 bits per heavy atom. The molecule has 0 bridgehead atoms. The molecule has 1 saturated carbocycles. The van der Waals surface area contributed by atoms with Gasteiger partial charge in [-0.3, -0.25) is 9.48 Å². The third-order valence-electron chi connectivity index (χ3n) is 7.58. The Balaban J connectivity index is 1.25. The summed E-state index contributed by atoms with van der Waals surface area (Å²) in [5.74, 6) is -0.288. The van der Waals surface area contributed by atoms with Gasteiger partial charge >= 0.3 is 0 Å². The van der Waals surface area contributed by atoms with Crippen LogP contribution in [0.1, 0.15) is 48.2 Å². The van der Waals surface area contributed by atoms with Crippen molar-refractivity contribution in [1.82, 2.24) is 29.7 Å². The summed E-state index contributed by atoms with van der Waals surface area (Å²) >= 11 is 6.93. The highest BCUT2D eigenvalue weighted by Crippen LogP contribution is 2.50. The van der Waals surface area contributed by atoms with Crippen LogP contribution in [0.4, 0.5) is 4.39 Å². The van der Waals surface area contributed by atoms with Crippen LogP contribution < -0.4 is 0 Å². The molecule has 1 amide bonds. The highest BCUT2D eigenvalue weighted by atomic mass is 79.9. The molecule has 1 aliphatic heterocycles. The molecule has 1 atom stereocenters. The van der Waals surface area contributed by atoms with E-state index in [4.69, 9.17) is 0 Å². The first kappa shape index (κ1) is 24.5. The van der Waals surface area contributed by atoms with Crippen molar-refractivity contribution < 1.29 is 9.18 Å². The molecule has 1 aliphatic carbocycles. The molecule has 4 aromatic rings. The Morgan fingerprint density at radius 3 is 2.68 bits per heavy atom. The zero-order valence-corrected chi connectivity index (χ0v) is 23.6. The quantitative estimate of drug-likeness (QED) is 0.281. The van der Waals surface area contributed by atoms with Gasteiger partial charge in [0, 0.05) is 21.1 Å². The van der Waals surface area contributed by atoms with Crippen molar-refractivity contribution >= 4 is 37.8 Å². The summed E-state index contributed by atoms with van der Waals surface area (Å²) in [5, 5.41) is 13.4. The number of halogens is 3. The van der Waals surface area contributed by atoms with Crippen LogP contribution in [0.2, 0.25) is 0 Å². The third-order valence-corrected chi connectivity index (χ3v) is 8.93. The van der Waals surface area contributed by atoms with Gasteiger partial charge in [-0.15, -0.1) is 5.10 Å². The zero-order valence-electron chi connectivity index (χ0n) is 20.5. The van der Waals surface area contributed by atoms with Crippen molar-refractivity contribution in [3.8, 4) is 11.3 Å².